The second-order valence-electron chi connectivity index (χ2n) is 3.41. The first-order valence-electron chi connectivity index (χ1n) is 4.23. The summed E-state index contributed by atoms with van der Waals surface area (Å²) in [6.07, 6.45) is -4.98. The van der Waals surface area contributed by atoms with E-state index < -0.39 is 47.6 Å². The molecule has 1 aliphatic heterocycles. The first kappa shape index (κ1) is 13.7. The van der Waals surface area contributed by atoms with Gasteiger partial charge in [-0.3, -0.25) is 4.18 Å². The Morgan fingerprint density at radius 2 is 2.00 bits per heavy atom. The van der Waals surface area contributed by atoms with Crippen LogP contribution in [0.15, 0.2) is 0 Å². The topological polar surface area (TPSA) is 160 Å². The van der Waals surface area contributed by atoms with E-state index in [4.69, 9.17) is 5.11 Å². The van der Waals surface area contributed by atoms with Gasteiger partial charge >= 0.3 is 10.3 Å². The molecule has 0 aromatic rings. The van der Waals surface area contributed by atoms with Crippen LogP contribution >= 0.6 is 0 Å². The highest BCUT2D eigenvalue weighted by Gasteiger charge is 2.49. The smallest absolute Gasteiger partial charge is 0.333 e. The molecule has 10 heteroatoms. The fourth-order valence-electron chi connectivity index (χ4n) is 1.18. The third-order valence-electron chi connectivity index (χ3n) is 2.11. The average molecular weight is 259 g/mol. The van der Waals surface area contributed by atoms with Gasteiger partial charge in [0.2, 0.25) is 5.79 Å². The molecule has 4 atom stereocenters. The molecule has 0 aromatic carbocycles. The Morgan fingerprint density at radius 1 is 1.44 bits per heavy atom. The number of aliphatic hydroxyl groups is 4. The van der Waals surface area contributed by atoms with Crippen molar-refractivity contribution in [2.45, 2.75) is 24.1 Å². The van der Waals surface area contributed by atoms with Gasteiger partial charge in [0.05, 0.1) is 6.61 Å². The molecule has 96 valence electrons. The minimum Gasteiger partial charge on any atom is -0.388 e. The summed E-state index contributed by atoms with van der Waals surface area (Å²) in [7, 11) is -4.31. The fraction of sp³-hybridized carbons (Fsp3) is 1.00. The van der Waals surface area contributed by atoms with Crippen LogP contribution in [-0.4, -0.2) is 66.2 Å². The van der Waals surface area contributed by atoms with Crippen molar-refractivity contribution < 1.29 is 37.8 Å². The standard InChI is InChI=1S/C6H13NO8S/c7-16(12,13)15-2-6(11)5(10)4(9)3(8)1-14-6/h3-5,8-11H,1-2H2,(H2,7,12,13)/t3-,4-,5+,6-/m1/s1. The molecule has 0 spiro atoms. The van der Waals surface area contributed by atoms with Crippen LogP contribution in [0, 0.1) is 0 Å². The van der Waals surface area contributed by atoms with Gasteiger partial charge in [-0.1, -0.05) is 0 Å². The maximum Gasteiger partial charge on any atom is 0.333 e. The lowest BCUT2D eigenvalue weighted by Crippen LogP contribution is -2.63. The van der Waals surface area contributed by atoms with E-state index in [2.05, 4.69) is 14.1 Å². The number of hydrogen-bond acceptors (Lipinski definition) is 8. The Bertz CT molecular complexity index is 344. The van der Waals surface area contributed by atoms with E-state index in [1.165, 1.54) is 0 Å². The third-order valence-corrected chi connectivity index (χ3v) is 2.56. The predicted molar refractivity (Wildman–Crippen MR) is 48.0 cm³/mol. The van der Waals surface area contributed by atoms with E-state index >= 15 is 0 Å². The molecule has 0 saturated carbocycles. The lowest BCUT2D eigenvalue weighted by atomic mass is 9.98. The normalized spacial score (nSPS) is 40.9. The van der Waals surface area contributed by atoms with Crippen LogP contribution in [0.1, 0.15) is 0 Å². The van der Waals surface area contributed by atoms with Gasteiger partial charge in [-0.15, -0.1) is 0 Å². The van der Waals surface area contributed by atoms with E-state index in [9.17, 15) is 23.7 Å². The van der Waals surface area contributed by atoms with Crippen molar-refractivity contribution in [3.63, 3.8) is 0 Å². The molecular formula is C6H13NO8S. The molecule has 0 aliphatic carbocycles. The SMILES string of the molecule is NS(=O)(=O)OC[C@@]1(O)OC[C@@H](O)[C@@H](O)[C@@H]1O. The van der Waals surface area contributed by atoms with Gasteiger partial charge in [0, 0.05) is 0 Å². The summed E-state index contributed by atoms with van der Waals surface area (Å²) in [6.45, 7) is -1.47. The Hall–Kier alpha value is -0.330. The monoisotopic (exact) mass is 259 g/mol. The summed E-state index contributed by atoms with van der Waals surface area (Å²) in [5, 5.41) is 41.8. The largest absolute Gasteiger partial charge is 0.388 e. The number of hydrogen-bond donors (Lipinski definition) is 5. The molecule has 0 amide bonds. The summed E-state index contributed by atoms with van der Waals surface area (Å²) in [5.41, 5.74) is 0. The summed E-state index contributed by atoms with van der Waals surface area (Å²) in [6, 6.07) is 0. The van der Waals surface area contributed by atoms with Gasteiger partial charge < -0.3 is 25.2 Å². The molecular weight excluding hydrogens is 246 g/mol. The van der Waals surface area contributed by atoms with Crippen molar-refractivity contribution in [3.05, 3.63) is 0 Å². The van der Waals surface area contributed by atoms with Gasteiger partial charge in [-0.25, -0.2) is 5.14 Å². The van der Waals surface area contributed by atoms with Gasteiger partial charge in [0.1, 0.15) is 24.9 Å². The minimum atomic E-state index is -4.31. The van der Waals surface area contributed by atoms with Crippen LogP contribution in [0.5, 0.6) is 0 Å². The van der Waals surface area contributed by atoms with E-state index in [1.807, 2.05) is 0 Å². The molecule has 0 bridgehead atoms. The molecule has 0 radical (unpaired) electrons. The average Bonchev–Trinajstić information content (AvgIpc) is 2.18. The van der Waals surface area contributed by atoms with Gasteiger partial charge in [0.25, 0.3) is 0 Å². The first-order chi connectivity index (χ1) is 7.16. The van der Waals surface area contributed by atoms with Crippen molar-refractivity contribution in [2.24, 2.45) is 5.14 Å². The van der Waals surface area contributed by atoms with Crippen LogP contribution in [0.25, 0.3) is 0 Å². The van der Waals surface area contributed by atoms with Crippen LogP contribution in [0.4, 0.5) is 0 Å². The van der Waals surface area contributed by atoms with E-state index in [0.717, 1.165) is 0 Å². The zero-order chi connectivity index (χ0) is 12.6. The van der Waals surface area contributed by atoms with Crippen molar-refractivity contribution in [2.75, 3.05) is 13.2 Å². The van der Waals surface area contributed by atoms with Crippen LogP contribution in [0.2, 0.25) is 0 Å². The Labute approximate surface area is 91.3 Å². The van der Waals surface area contributed by atoms with Gasteiger partial charge in [-0.2, -0.15) is 8.42 Å². The molecule has 1 fully saturated rings. The minimum absolute atomic E-state index is 0.483. The van der Waals surface area contributed by atoms with Crippen LogP contribution in [0.3, 0.4) is 0 Å². The molecule has 0 unspecified atom stereocenters. The highest BCUT2D eigenvalue weighted by Crippen LogP contribution is 2.24. The van der Waals surface area contributed by atoms with Gasteiger partial charge in [-0.05, 0) is 0 Å². The van der Waals surface area contributed by atoms with Crippen molar-refractivity contribution in [1.29, 1.82) is 0 Å². The Morgan fingerprint density at radius 3 is 2.50 bits per heavy atom. The molecule has 6 N–H and O–H groups in total. The Balaban J connectivity index is 2.70. The second kappa shape index (κ2) is 4.50. The highest BCUT2D eigenvalue weighted by atomic mass is 32.2. The zero-order valence-corrected chi connectivity index (χ0v) is 8.87. The maximum absolute atomic E-state index is 10.5. The Kier molecular flexibility index (Phi) is 3.87. The van der Waals surface area contributed by atoms with E-state index in [-0.39, 0.29) is 0 Å². The lowest BCUT2D eigenvalue weighted by molar-refractivity contribution is -0.328. The number of rotatable bonds is 3. The summed E-state index contributed by atoms with van der Waals surface area (Å²) < 4.78 is 29.6. The summed E-state index contributed by atoms with van der Waals surface area (Å²) >= 11 is 0. The fourth-order valence-corrected chi connectivity index (χ4v) is 1.52. The van der Waals surface area contributed by atoms with E-state index in [1.54, 1.807) is 0 Å². The molecule has 1 aliphatic rings. The number of ether oxygens (including phenoxy) is 1. The quantitative estimate of drug-likeness (QED) is 0.343. The first-order valence-corrected chi connectivity index (χ1v) is 5.70. The summed E-state index contributed by atoms with van der Waals surface area (Å²) in [5.74, 6) is -2.44. The predicted octanol–water partition coefficient (Wildman–Crippen LogP) is -3.99. The van der Waals surface area contributed by atoms with Crippen LogP contribution < -0.4 is 5.14 Å². The molecule has 16 heavy (non-hydrogen) atoms. The van der Waals surface area contributed by atoms with Crippen molar-refractivity contribution >= 4 is 10.3 Å². The highest BCUT2D eigenvalue weighted by molar-refractivity contribution is 7.84. The molecule has 1 rings (SSSR count). The number of aliphatic hydroxyl groups excluding tert-OH is 3. The van der Waals surface area contributed by atoms with Crippen molar-refractivity contribution in [3.8, 4) is 0 Å². The molecule has 9 nitrogen and oxygen atoms in total. The third kappa shape index (κ3) is 3.09. The number of nitrogens with two attached hydrogens (primary N) is 1. The summed E-state index contributed by atoms with van der Waals surface area (Å²) in [4.78, 5) is 0. The van der Waals surface area contributed by atoms with Gasteiger partial charge in [0.15, 0.2) is 0 Å². The van der Waals surface area contributed by atoms with E-state index in [0.29, 0.717) is 0 Å². The molecule has 1 saturated heterocycles. The molecule has 0 aromatic heterocycles. The second-order valence-corrected chi connectivity index (χ2v) is 4.63. The maximum atomic E-state index is 10.5. The van der Waals surface area contributed by atoms with Crippen molar-refractivity contribution in [1.82, 2.24) is 0 Å². The van der Waals surface area contributed by atoms with Crippen LogP contribution in [-0.2, 0) is 19.2 Å². The zero-order valence-electron chi connectivity index (χ0n) is 8.05. The molecule has 1 heterocycles. The lowest BCUT2D eigenvalue weighted by Gasteiger charge is -2.40.